The molecule has 0 atom stereocenters. The highest BCUT2D eigenvalue weighted by molar-refractivity contribution is 5.84. The van der Waals surface area contributed by atoms with E-state index in [1.165, 1.54) is 24.4 Å². The number of nitrogens with zero attached hydrogens (tertiary/aromatic N) is 4. The van der Waals surface area contributed by atoms with Gasteiger partial charge in [-0.25, -0.2) is 18.6 Å². The lowest BCUT2D eigenvalue weighted by molar-refractivity contribution is 0.621. The molecule has 4 nitrogen and oxygen atoms in total. The van der Waals surface area contributed by atoms with E-state index in [0.29, 0.717) is 22.4 Å². The van der Waals surface area contributed by atoms with Crippen LogP contribution in [-0.2, 0) is 7.05 Å². The second kappa shape index (κ2) is 4.38. The van der Waals surface area contributed by atoms with Crippen molar-refractivity contribution in [2.45, 2.75) is 0 Å². The molecule has 0 radical (unpaired) electrons. The minimum Gasteiger partial charge on any atom is -0.328 e. The van der Waals surface area contributed by atoms with Gasteiger partial charge in [-0.05, 0) is 18.2 Å². The van der Waals surface area contributed by atoms with Crippen LogP contribution in [0.1, 0.15) is 0 Å². The lowest BCUT2D eigenvalue weighted by Crippen LogP contribution is -1.93. The number of benzene rings is 1. The van der Waals surface area contributed by atoms with E-state index in [0.717, 1.165) is 6.20 Å². The van der Waals surface area contributed by atoms with Crippen molar-refractivity contribution < 1.29 is 8.78 Å². The maximum absolute atomic E-state index is 13.6. The van der Waals surface area contributed by atoms with Gasteiger partial charge in [-0.1, -0.05) is 0 Å². The summed E-state index contributed by atoms with van der Waals surface area (Å²) in [4.78, 5) is 11.2. The lowest BCUT2D eigenvalue weighted by Gasteiger charge is -2.02. The van der Waals surface area contributed by atoms with Crippen molar-refractivity contribution in [1.29, 1.82) is 0 Å². The van der Waals surface area contributed by atoms with Crippen LogP contribution in [-0.4, -0.2) is 14.5 Å². The van der Waals surface area contributed by atoms with Crippen molar-refractivity contribution in [3.63, 3.8) is 0 Å². The zero-order valence-corrected chi connectivity index (χ0v) is 10.4. The Labute approximate surface area is 113 Å². The molecular formula is C14H8F2N4. The van der Waals surface area contributed by atoms with E-state index in [1.54, 1.807) is 11.6 Å². The van der Waals surface area contributed by atoms with E-state index < -0.39 is 11.6 Å². The zero-order valence-electron chi connectivity index (χ0n) is 10.4. The Bertz CT molecular complexity index is 861. The number of aromatic nitrogens is 3. The van der Waals surface area contributed by atoms with Gasteiger partial charge in [0.15, 0.2) is 0 Å². The highest BCUT2D eigenvalue weighted by atomic mass is 19.1. The maximum atomic E-state index is 13.6. The summed E-state index contributed by atoms with van der Waals surface area (Å²) in [6.45, 7) is 6.93. The molecule has 3 rings (SSSR count). The summed E-state index contributed by atoms with van der Waals surface area (Å²) in [7, 11) is 1.72. The van der Waals surface area contributed by atoms with Gasteiger partial charge < -0.3 is 4.57 Å². The Kier molecular flexibility index (Phi) is 2.68. The molecule has 20 heavy (non-hydrogen) atoms. The third-order valence-corrected chi connectivity index (χ3v) is 3.03. The lowest BCUT2D eigenvalue weighted by atomic mass is 10.2. The van der Waals surface area contributed by atoms with Crippen molar-refractivity contribution in [2.75, 3.05) is 0 Å². The van der Waals surface area contributed by atoms with Crippen molar-refractivity contribution in [3.8, 4) is 11.4 Å². The van der Waals surface area contributed by atoms with E-state index in [9.17, 15) is 8.78 Å². The summed E-state index contributed by atoms with van der Waals surface area (Å²) in [5, 5.41) is 0. The van der Waals surface area contributed by atoms with Gasteiger partial charge in [0.05, 0.1) is 23.8 Å². The normalized spacial score (nSPS) is 10.7. The summed E-state index contributed by atoms with van der Waals surface area (Å²) in [6, 6.07) is 3.94. The average Bonchev–Trinajstić information content (AvgIpc) is 2.74. The summed E-state index contributed by atoms with van der Waals surface area (Å²) >= 11 is 0. The van der Waals surface area contributed by atoms with Gasteiger partial charge in [0.2, 0.25) is 5.69 Å². The van der Waals surface area contributed by atoms with Gasteiger partial charge in [0, 0.05) is 18.8 Å². The molecule has 2 heterocycles. The molecule has 98 valence electrons. The molecule has 0 aliphatic carbocycles. The molecule has 6 heteroatoms. The first-order chi connectivity index (χ1) is 9.60. The molecule has 0 bridgehead atoms. The summed E-state index contributed by atoms with van der Waals surface area (Å²) < 4.78 is 28.5. The molecule has 0 saturated carbocycles. The first-order valence-corrected chi connectivity index (χ1v) is 5.74. The monoisotopic (exact) mass is 270 g/mol. The topological polar surface area (TPSA) is 35.1 Å². The van der Waals surface area contributed by atoms with Gasteiger partial charge in [-0.3, -0.25) is 4.98 Å². The fraction of sp³-hybridized carbons (Fsp3) is 0.0714. The minimum absolute atomic E-state index is 0.0654. The molecule has 0 N–H and O–H groups in total. The Balaban J connectivity index is 2.29. The largest absolute Gasteiger partial charge is 0.328 e. The van der Waals surface area contributed by atoms with E-state index in [4.69, 9.17) is 6.57 Å². The van der Waals surface area contributed by atoms with Crippen molar-refractivity contribution in [1.82, 2.24) is 14.5 Å². The standard InChI is InChI=1S/C14H8F2N4/c1-17-11-5-13-12(4-10(11)16)19-14(20(13)2)8-3-9(15)7-18-6-8/h3-7H,2H3. The molecule has 0 aliphatic heterocycles. The Morgan fingerprint density at radius 3 is 2.70 bits per heavy atom. The van der Waals surface area contributed by atoms with Crippen LogP contribution in [0.5, 0.6) is 0 Å². The number of aryl methyl sites for hydroxylation is 1. The number of imidazole rings is 1. The van der Waals surface area contributed by atoms with Crippen LogP contribution in [0, 0.1) is 18.2 Å². The van der Waals surface area contributed by atoms with Gasteiger partial charge in [-0.2, -0.15) is 0 Å². The van der Waals surface area contributed by atoms with E-state index >= 15 is 0 Å². The molecule has 0 saturated heterocycles. The SMILES string of the molecule is [C-]#[N+]c1cc2c(cc1F)nc(-c1cncc(F)c1)n2C. The molecule has 0 fully saturated rings. The first kappa shape index (κ1) is 12.2. The van der Waals surface area contributed by atoms with E-state index in [1.807, 2.05) is 0 Å². The van der Waals surface area contributed by atoms with Crippen LogP contribution >= 0.6 is 0 Å². The Morgan fingerprint density at radius 2 is 2.00 bits per heavy atom. The molecular weight excluding hydrogens is 262 g/mol. The fourth-order valence-corrected chi connectivity index (χ4v) is 2.08. The van der Waals surface area contributed by atoms with Gasteiger partial charge in [0.25, 0.3) is 0 Å². The second-order valence-electron chi connectivity index (χ2n) is 4.29. The van der Waals surface area contributed by atoms with Crippen LogP contribution in [0.3, 0.4) is 0 Å². The number of hydrogen-bond acceptors (Lipinski definition) is 2. The number of rotatable bonds is 1. The zero-order chi connectivity index (χ0) is 14.3. The summed E-state index contributed by atoms with van der Waals surface area (Å²) in [5.41, 5.74) is 1.45. The van der Waals surface area contributed by atoms with Crippen LogP contribution in [0.2, 0.25) is 0 Å². The van der Waals surface area contributed by atoms with Crippen LogP contribution in [0.25, 0.3) is 27.3 Å². The predicted molar refractivity (Wildman–Crippen MR) is 70.1 cm³/mol. The molecule has 3 aromatic rings. The second-order valence-corrected chi connectivity index (χ2v) is 4.29. The van der Waals surface area contributed by atoms with Gasteiger partial charge in [-0.15, -0.1) is 0 Å². The van der Waals surface area contributed by atoms with Crippen molar-refractivity contribution >= 4 is 16.7 Å². The maximum Gasteiger partial charge on any atom is 0.224 e. The predicted octanol–water partition coefficient (Wildman–Crippen LogP) is 3.46. The molecule has 1 aromatic carbocycles. The summed E-state index contributed by atoms with van der Waals surface area (Å²) in [6.07, 6.45) is 2.58. The van der Waals surface area contributed by atoms with Gasteiger partial charge >= 0.3 is 0 Å². The van der Waals surface area contributed by atoms with Gasteiger partial charge in [0.1, 0.15) is 17.5 Å². The van der Waals surface area contributed by atoms with E-state index in [2.05, 4.69) is 14.8 Å². The third-order valence-electron chi connectivity index (χ3n) is 3.03. The Morgan fingerprint density at radius 1 is 1.20 bits per heavy atom. The molecule has 0 amide bonds. The third kappa shape index (κ3) is 1.80. The molecule has 0 aliphatic rings. The highest BCUT2D eigenvalue weighted by Gasteiger charge is 2.14. The van der Waals surface area contributed by atoms with E-state index in [-0.39, 0.29) is 5.69 Å². The van der Waals surface area contributed by atoms with Crippen molar-refractivity contribution in [2.24, 2.45) is 7.05 Å². The molecule has 2 aromatic heterocycles. The number of pyridine rings is 1. The fourth-order valence-electron chi connectivity index (χ4n) is 2.08. The average molecular weight is 270 g/mol. The highest BCUT2D eigenvalue weighted by Crippen LogP contribution is 2.28. The summed E-state index contributed by atoms with van der Waals surface area (Å²) in [5.74, 6) is -0.620. The Hall–Kier alpha value is -2.81. The van der Waals surface area contributed by atoms with Crippen LogP contribution in [0.15, 0.2) is 30.6 Å². The number of halogens is 2. The number of hydrogen-bond donors (Lipinski definition) is 0. The van der Waals surface area contributed by atoms with Crippen molar-refractivity contribution in [3.05, 3.63) is 53.6 Å². The quantitative estimate of drug-likeness (QED) is 0.635. The van der Waals surface area contributed by atoms with Crippen LogP contribution < -0.4 is 0 Å². The number of fused-ring (bicyclic) bond motifs is 1. The van der Waals surface area contributed by atoms with Crippen LogP contribution in [0.4, 0.5) is 14.5 Å². The first-order valence-electron chi connectivity index (χ1n) is 5.74. The minimum atomic E-state index is -0.616. The smallest absolute Gasteiger partial charge is 0.224 e. The molecule has 0 spiro atoms. The molecule has 0 unspecified atom stereocenters.